The summed E-state index contributed by atoms with van der Waals surface area (Å²) in [5.41, 5.74) is 1.45. The van der Waals surface area contributed by atoms with Crippen LogP contribution in [0, 0.1) is 0 Å². The van der Waals surface area contributed by atoms with Crippen LogP contribution in [0.25, 0.3) is 0 Å². The second kappa shape index (κ2) is 9.19. The smallest absolute Gasteiger partial charge is 0.254 e. The van der Waals surface area contributed by atoms with Crippen LogP contribution in [0.15, 0.2) is 65.3 Å². The number of furan rings is 1. The van der Waals surface area contributed by atoms with E-state index in [0.717, 1.165) is 5.56 Å². The van der Waals surface area contributed by atoms with Crippen LogP contribution < -0.4 is 14.2 Å². The molecule has 3 aromatic rings. The van der Waals surface area contributed by atoms with Crippen molar-refractivity contribution in [2.75, 3.05) is 21.3 Å². The van der Waals surface area contributed by atoms with Gasteiger partial charge in [-0.25, -0.2) is 0 Å². The molecule has 1 aromatic heterocycles. The summed E-state index contributed by atoms with van der Waals surface area (Å²) in [5, 5.41) is 0. The predicted molar refractivity (Wildman–Crippen MR) is 110 cm³/mol. The average molecular weight is 395 g/mol. The Hall–Kier alpha value is -3.41. The lowest BCUT2D eigenvalue weighted by Crippen LogP contribution is -2.29. The van der Waals surface area contributed by atoms with Crippen LogP contribution in [-0.2, 0) is 6.61 Å². The van der Waals surface area contributed by atoms with E-state index in [1.54, 1.807) is 36.4 Å². The number of hydrogen-bond donors (Lipinski definition) is 0. The predicted octanol–water partition coefficient (Wildman–Crippen LogP) is 4.71. The molecule has 0 aliphatic heterocycles. The van der Waals surface area contributed by atoms with Gasteiger partial charge in [0.15, 0.2) is 11.5 Å². The summed E-state index contributed by atoms with van der Waals surface area (Å²) in [7, 11) is 4.80. The Kier molecular flexibility index (Phi) is 6.44. The average Bonchev–Trinajstić information content (AvgIpc) is 3.31. The van der Waals surface area contributed by atoms with Crippen molar-refractivity contribution in [1.29, 1.82) is 0 Å². The number of carbonyl (C=O) groups excluding carboxylic acids is 1. The van der Waals surface area contributed by atoms with Crippen LogP contribution in [0.4, 0.5) is 0 Å². The van der Waals surface area contributed by atoms with E-state index in [4.69, 9.17) is 18.6 Å². The number of hydrogen-bond acceptors (Lipinski definition) is 5. The van der Waals surface area contributed by atoms with Crippen LogP contribution in [0.2, 0.25) is 0 Å². The number of carbonyl (C=O) groups is 1. The zero-order valence-electron chi connectivity index (χ0n) is 17.0. The molecule has 0 fully saturated rings. The Morgan fingerprint density at radius 1 is 1.03 bits per heavy atom. The van der Waals surface area contributed by atoms with E-state index in [2.05, 4.69) is 0 Å². The van der Waals surface area contributed by atoms with Crippen molar-refractivity contribution in [3.8, 4) is 17.2 Å². The lowest BCUT2D eigenvalue weighted by Gasteiger charge is -2.24. The molecule has 1 amide bonds. The molecule has 3 rings (SSSR count). The molecular weight excluding hydrogens is 370 g/mol. The first-order chi connectivity index (χ1) is 14.0. The fourth-order valence-electron chi connectivity index (χ4n) is 2.97. The molecule has 0 bridgehead atoms. The summed E-state index contributed by atoms with van der Waals surface area (Å²) in [6.07, 6.45) is 1.59. The van der Waals surface area contributed by atoms with Crippen molar-refractivity contribution < 1.29 is 23.4 Å². The molecule has 0 N–H and O–H groups in total. The van der Waals surface area contributed by atoms with E-state index in [0.29, 0.717) is 35.2 Å². The van der Waals surface area contributed by atoms with Crippen LogP contribution >= 0.6 is 0 Å². The molecule has 0 saturated carbocycles. The van der Waals surface area contributed by atoms with Crippen molar-refractivity contribution >= 4 is 5.91 Å². The van der Waals surface area contributed by atoms with E-state index >= 15 is 0 Å². The maximum Gasteiger partial charge on any atom is 0.254 e. The number of amides is 1. The molecule has 6 nitrogen and oxygen atoms in total. The van der Waals surface area contributed by atoms with Crippen molar-refractivity contribution in [3.05, 3.63) is 77.7 Å². The van der Waals surface area contributed by atoms with Gasteiger partial charge in [0.1, 0.15) is 12.4 Å². The van der Waals surface area contributed by atoms with Gasteiger partial charge in [-0.2, -0.15) is 0 Å². The molecule has 2 aromatic carbocycles. The monoisotopic (exact) mass is 395 g/mol. The van der Waals surface area contributed by atoms with Crippen molar-refractivity contribution in [2.45, 2.75) is 19.6 Å². The quantitative estimate of drug-likeness (QED) is 0.553. The molecule has 0 spiro atoms. The minimum Gasteiger partial charge on any atom is -0.493 e. The first-order valence-corrected chi connectivity index (χ1v) is 9.28. The van der Waals surface area contributed by atoms with Crippen molar-refractivity contribution in [1.82, 2.24) is 4.90 Å². The van der Waals surface area contributed by atoms with Gasteiger partial charge in [-0.15, -0.1) is 0 Å². The summed E-state index contributed by atoms with van der Waals surface area (Å²) in [4.78, 5) is 14.6. The Bertz CT molecular complexity index is 912. The third-order valence-corrected chi connectivity index (χ3v) is 4.79. The molecule has 0 aliphatic carbocycles. The first-order valence-electron chi connectivity index (χ1n) is 9.28. The van der Waals surface area contributed by atoms with E-state index < -0.39 is 0 Å². The Balaban J connectivity index is 1.85. The van der Waals surface area contributed by atoms with Crippen LogP contribution in [-0.4, -0.2) is 32.1 Å². The first kappa shape index (κ1) is 20.3. The maximum atomic E-state index is 13.0. The van der Waals surface area contributed by atoms with Gasteiger partial charge in [0.05, 0.1) is 26.5 Å². The molecule has 6 heteroatoms. The van der Waals surface area contributed by atoms with E-state index in [-0.39, 0.29) is 11.9 Å². The highest BCUT2D eigenvalue weighted by atomic mass is 16.5. The van der Waals surface area contributed by atoms with Gasteiger partial charge >= 0.3 is 0 Å². The normalized spacial score (nSPS) is 11.6. The Labute approximate surface area is 170 Å². The van der Waals surface area contributed by atoms with E-state index in [9.17, 15) is 4.79 Å². The zero-order chi connectivity index (χ0) is 20.8. The lowest BCUT2D eigenvalue weighted by molar-refractivity contribution is 0.0725. The van der Waals surface area contributed by atoms with Gasteiger partial charge < -0.3 is 23.5 Å². The zero-order valence-corrected chi connectivity index (χ0v) is 17.0. The maximum absolute atomic E-state index is 13.0. The third-order valence-electron chi connectivity index (χ3n) is 4.79. The third kappa shape index (κ3) is 4.54. The molecule has 0 radical (unpaired) electrons. The number of rotatable bonds is 8. The second-order valence-corrected chi connectivity index (χ2v) is 6.59. The number of ether oxygens (including phenoxy) is 3. The largest absolute Gasteiger partial charge is 0.493 e. The Morgan fingerprint density at radius 3 is 2.24 bits per heavy atom. The number of methoxy groups -OCH3 is 2. The summed E-state index contributed by atoms with van der Waals surface area (Å²) < 4.78 is 22.3. The summed E-state index contributed by atoms with van der Waals surface area (Å²) in [5.74, 6) is 1.85. The SMILES string of the molecule is COc1cc(C(=O)N(C)C(C)c2ccco2)cc(OC)c1OCc1ccccc1. The van der Waals surface area contributed by atoms with Crippen molar-refractivity contribution in [2.24, 2.45) is 0 Å². The molecular formula is C23H25NO5. The topological polar surface area (TPSA) is 61.1 Å². The van der Waals surface area contributed by atoms with Crippen LogP contribution in [0.3, 0.4) is 0 Å². The van der Waals surface area contributed by atoms with Gasteiger partial charge in [-0.05, 0) is 36.8 Å². The molecule has 0 saturated heterocycles. The van der Waals surface area contributed by atoms with E-state index in [1.807, 2.05) is 43.3 Å². The van der Waals surface area contributed by atoms with Crippen LogP contribution in [0.5, 0.6) is 17.2 Å². The molecule has 152 valence electrons. The highest BCUT2D eigenvalue weighted by Gasteiger charge is 2.24. The lowest BCUT2D eigenvalue weighted by atomic mass is 10.1. The number of benzene rings is 2. The molecule has 1 heterocycles. The molecule has 1 unspecified atom stereocenters. The van der Waals surface area contributed by atoms with E-state index in [1.165, 1.54) is 14.2 Å². The number of nitrogens with zero attached hydrogens (tertiary/aromatic N) is 1. The van der Waals surface area contributed by atoms with Crippen molar-refractivity contribution in [3.63, 3.8) is 0 Å². The van der Waals surface area contributed by atoms with Crippen LogP contribution in [0.1, 0.15) is 34.6 Å². The fourth-order valence-corrected chi connectivity index (χ4v) is 2.97. The summed E-state index contributed by atoms with van der Waals surface area (Å²) in [6.45, 7) is 2.26. The highest BCUT2D eigenvalue weighted by Crippen LogP contribution is 2.39. The minimum absolute atomic E-state index is 0.180. The minimum atomic E-state index is -0.219. The van der Waals surface area contributed by atoms with Gasteiger partial charge in [-0.3, -0.25) is 4.79 Å². The van der Waals surface area contributed by atoms with Gasteiger partial charge in [0.2, 0.25) is 5.75 Å². The second-order valence-electron chi connectivity index (χ2n) is 6.59. The summed E-state index contributed by atoms with van der Waals surface area (Å²) in [6, 6.07) is 16.5. The molecule has 0 aliphatic rings. The fraction of sp³-hybridized carbons (Fsp3) is 0.261. The molecule has 29 heavy (non-hydrogen) atoms. The van der Waals surface area contributed by atoms with Gasteiger partial charge in [0.25, 0.3) is 5.91 Å². The summed E-state index contributed by atoms with van der Waals surface area (Å²) >= 11 is 0. The molecule has 1 atom stereocenters. The highest BCUT2D eigenvalue weighted by molar-refractivity contribution is 5.95. The van der Waals surface area contributed by atoms with Gasteiger partial charge in [-0.1, -0.05) is 30.3 Å². The van der Waals surface area contributed by atoms with Gasteiger partial charge in [0, 0.05) is 12.6 Å². The Morgan fingerprint density at radius 2 is 1.69 bits per heavy atom. The standard InChI is InChI=1S/C23H25NO5/c1-16(19-11-8-12-28-19)24(2)23(25)18-13-20(26-3)22(21(14-18)27-4)29-15-17-9-6-5-7-10-17/h5-14,16H,15H2,1-4H3.